The molecule has 154 valence electrons. The third-order valence-corrected chi connectivity index (χ3v) is 5.86. The molecular formula is C24H30N2O3. The van der Waals surface area contributed by atoms with Crippen molar-refractivity contribution in [1.82, 2.24) is 10.6 Å². The molecule has 0 heterocycles. The van der Waals surface area contributed by atoms with Crippen molar-refractivity contribution in [2.45, 2.75) is 45.2 Å². The minimum Gasteiger partial charge on any atom is -0.496 e. The van der Waals surface area contributed by atoms with Crippen LogP contribution < -0.4 is 15.4 Å². The van der Waals surface area contributed by atoms with E-state index in [-0.39, 0.29) is 17.6 Å². The number of carbonyl (C=O) groups excluding carboxylic acids is 2. The molecule has 1 aliphatic rings. The topological polar surface area (TPSA) is 67.4 Å². The van der Waals surface area contributed by atoms with Gasteiger partial charge in [0.15, 0.2) is 5.78 Å². The average Bonchev–Trinajstić information content (AvgIpc) is 2.77. The number of benzene rings is 2. The molecule has 0 spiro atoms. The number of nitrogens with one attached hydrogen (secondary N) is 2. The highest BCUT2D eigenvalue weighted by atomic mass is 16.5. The van der Waals surface area contributed by atoms with Crippen LogP contribution in [0.5, 0.6) is 5.75 Å². The summed E-state index contributed by atoms with van der Waals surface area (Å²) in [4.78, 5) is 24.1. The SMILES string of the molecule is CNC1CCC(C(=O)NCc2cc(-c3ccc(C(C)=O)cc3)ccc2OC)CC1. The van der Waals surface area contributed by atoms with Gasteiger partial charge < -0.3 is 15.4 Å². The Labute approximate surface area is 172 Å². The normalized spacial score (nSPS) is 18.9. The first-order valence-electron chi connectivity index (χ1n) is 10.2. The minimum atomic E-state index is 0.0541. The van der Waals surface area contributed by atoms with E-state index in [2.05, 4.69) is 10.6 Å². The van der Waals surface area contributed by atoms with Gasteiger partial charge >= 0.3 is 0 Å². The molecule has 0 bridgehead atoms. The number of carbonyl (C=O) groups is 2. The maximum absolute atomic E-state index is 12.6. The molecule has 0 aliphatic heterocycles. The van der Waals surface area contributed by atoms with Crippen LogP contribution in [0.1, 0.15) is 48.5 Å². The second kappa shape index (κ2) is 9.70. The summed E-state index contributed by atoms with van der Waals surface area (Å²) in [7, 11) is 3.62. The molecule has 2 aromatic carbocycles. The van der Waals surface area contributed by atoms with Gasteiger partial charge in [-0.05, 0) is 62.9 Å². The molecule has 5 nitrogen and oxygen atoms in total. The summed E-state index contributed by atoms with van der Waals surface area (Å²) in [6, 6.07) is 14.1. The largest absolute Gasteiger partial charge is 0.496 e. The highest BCUT2D eigenvalue weighted by Crippen LogP contribution is 2.28. The molecule has 29 heavy (non-hydrogen) atoms. The van der Waals surface area contributed by atoms with E-state index >= 15 is 0 Å². The summed E-state index contributed by atoms with van der Waals surface area (Å²) < 4.78 is 5.49. The van der Waals surface area contributed by atoms with Gasteiger partial charge in [0.05, 0.1) is 7.11 Å². The van der Waals surface area contributed by atoms with Crippen LogP contribution >= 0.6 is 0 Å². The zero-order chi connectivity index (χ0) is 20.8. The second-order valence-corrected chi connectivity index (χ2v) is 7.72. The van der Waals surface area contributed by atoms with Gasteiger partial charge in [0.1, 0.15) is 5.75 Å². The molecule has 3 rings (SSSR count). The van der Waals surface area contributed by atoms with Crippen LogP contribution in [0.3, 0.4) is 0 Å². The number of Topliss-reactive ketones (excluding diaryl/α,β-unsaturated/α-hetero) is 1. The van der Waals surface area contributed by atoms with Gasteiger partial charge in [0.25, 0.3) is 0 Å². The number of ether oxygens (including phenoxy) is 1. The maximum atomic E-state index is 12.6. The summed E-state index contributed by atoms with van der Waals surface area (Å²) in [6.07, 6.45) is 3.95. The van der Waals surface area contributed by atoms with E-state index in [0.717, 1.165) is 48.1 Å². The quantitative estimate of drug-likeness (QED) is 0.698. The molecule has 1 saturated carbocycles. The molecule has 1 fully saturated rings. The summed E-state index contributed by atoms with van der Waals surface area (Å²) in [5.41, 5.74) is 3.69. The number of ketones is 1. The summed E-state index contributed by atoms with van der Waals surface area (Å²) >= 11 is 0. The fourth-order valence-corrected chi connectivity index (χ4v) is 3.96. The van der Waals surface area contributed by atoms with Crippen molar-refractivity contribution in [3.05, 3.63) is 53.6 Å². The standard InChI is InChI=1S/C24H30N2O3/c1-16(27)17-4-6-18(7-5-17)20-10-13-23(29-3)21(14-20)15-26-24(28)19-8-11-22(25-2)12-9-19/h4-7,10,13-14,19,22,25H,8-9,11-12,15H2,1-3H3,(H,26,28). The lowest BCUT2D eigenvalue weighted by atomic mass is 9.85. The summed E-state index contributed by atoms with van der Waals surface area (Å²) in [5, 5.41) is 6.40. The lowest BCUT2D eigenvalue weighted by Gasteiger charge is -2.27. The molecular weight excluding hydrogens is 364 g/mol. The van der Waals surface area contributed by atoms with Crippen molar-refractivity contribution in [2.75, 3.05) is 14.2 Å². The van der Waals surface area contributed by atoms with Gasteiger partial charge in [-0.3, -0.25) is 9.59 Å². The van der Waals surface area contributed by atoms with Crippen molar-refractivity contribution in [1.29, 1.82) is 0 Å². The monoisotopic (exact) mass is 394 g/mol. The lowest BCUT2D eigenvalue weighted by molar-refractivity contribution is -0.126. The molecule has 5 heteroatoms. The molecule has 0 saturated heterocycles. The van der Waals surface area contributed by atoms with E-state index in [4.69, 9.17) is 4.74 Å². The van der Waals surface area contributed by atoms with E-state index in [1.54, 1.807) is 14.0 Å². The van der Waals surface area contributed by atoms with Crippen LogP contribution in [0, 0.1) is 5.92 Å². The Bertz CT molecular complexity index is 853. The first kappa shape index (κ1) is 21.1. The van der Waals surface area contributed by atoms with Crippen molar-refractivity contribution in [3.63, 3.8) is 0 Å². The van der Waals surface area contributed by atoms with Crippen LogP contribution in [0.25, 0.3) is 11.1 Å². The Morgan fingerprint density at radius 2 is 1.66 bits per heavy atom. The van der Waals surface area contributed by atoms with Crippen molar-refractivity contribution >= 4 is 11.7 Å². The van der Waals surface area contributed by atoms with Gasteiger partial charge in [-0.25, -0.2) is 0 Å². The fourth-order valence-electron chi connectivity index (χ4n) is 3.96. The van der Waals surface area contributed by atoms with Crippen LogP contribution in [0.2, 0.25) is 0 Å². The first-order valence-corrected chi connectivity index (χ1v) is 10.2. The minimum absolute atomic E-state index is 0.0541. The zero-order valence-electron chi connectivity index (χ0n) is 17.5. The van der Waals surface area contributed by atoms with E-state index in [1.807, 2.05) is 49.5 Å². The molecule has 1 amide bonds. The van der Waals surface area contributed by atoms with Gasteiger partial charge in [0.2, 0.25) is 5.91 Å². The Morgan fingerprint density at radius 1 is 1.00 bits per heavy atom. The lowest BCUT2D eigenvalue weighted by Crippen LogP contribution is -2.37. The van der Waals surface area contributed by atoms with E-state index in [9.17, 15) is 9.59 Å². The maximum Gasteiger partial charge on any atom is 0.223 e. The van der Waals surface area contributed by atoms with Crippen molar-refractivity contribution in [3.8, 4) is 16.9 Å². The Hall–Kier alpha value is -2.66. The Balaban J connectivity index is 1.69. The van der Waals surface area contributed by atoms with E-state index in [1.165, 1.54) is 0 Å². The summed E-state index contributed by atoms with van der Waals surface area (Å²) in [6.45, 7) is 2.00. The molecule has 0 unspecified atom stereocenters. The Kier molecular flexibility index (Phi) is 7.04. The highest BCUT2D eigenvalue weighted by molar-refractivity contribution is 5.94. The molecule has 2 N–H and O–H groups in total. The number of hydrogen-bond acceptors (Lipinski definition) is 4. The smallest absolute Gasteiger partial charge is 0.223 e. The average molecular weight is 395 g/mol. The molecule has 0 radical (unpaired) electrons. The third-order valence-electron chi connectivity index (χ3n) is 5.86. The van der Waals surface area contributed by atoms with Crippen molar-refractivity contribution < 1.29 is 14.3 Å². The van der Waals surface area contributed by atoms with Gasteiger partial charge in [-0.2, -0.15) is 0 Å². The van der Waals surface area contributed by atoms with E-state index < -0.39 is 0 Å². The number of methoxy groups -OCH3 is 1. The second-order valence-electron chi connectivity index (χ2n) is 7.72. The third kappa shape index (κ3) is 5.24. The van der Waals surface area contributed by atoms with Crippen LogP contribution in [-0.4, -0.2) is 31.9 Å². The number of amides is 1. The van der Waals surface area contributed by atoms with Gasteiger partial charge in [0, 0.05) is 29.6 Å². The highest BCUT2D eigenvalue weighted by Gasteiger charge is 2.25. The van der Waals surface area contributed by atoms with Gasteiger partial charge in [-0.15, -0.1) is 0 Å². The predicted octanol–water partition coefficient (Wildman–Crippen LogP) is 3.96. The van der Waals surface area contributed by atoms with Crippen LogP contribution in [-0.2, 0) is 11.3 Å². The molecule has 0 atom stereocenters. The van der Waals surface area contributed by atoms with Crippen LogP contribution in [0.15, 0.2) is 42.5 Å². The van der Waals surface area contributed by atoms with Crippen molar-refractivity contribution in [2.24, 2.45) is 5.92 Å². The van der Waals surface area contributed by atoms with E-state index in [0.29, 0.717) is 18.2 Å². The summed E-state index contributed by atoms with van der Waals surface area (Å²) in [5.74, 6) is 1.03. The van der Waals surface area contributed by atoms with Crippen LogP contribution in [0.4, 0.5) is 0 Å². The Morgan fingerprint density at radius 3 is 2.24 bits per heavy atom. The molecule has 1 aliphatic carbocycles. The number of rotatable bonds is 7. The first-order chi connectivity index (χ1) is 14.0. The predicted molar refractivity (Wildman–Crippen MR) is 115 cm³/mol. The fraction of sp³-hybridized carbons (Fsp3) is 0.417. The molecule has 2 aromatic rings. The number of hydrogen-bond donors (Lipinski definition) is 2. The zero-order valence-corrected chi connectivity index (χ0v) is 17.5. The van der Waals surface area contributed by atoms with Gasteiger partial charge in [-0.1, -0.05) is 30.3 Å². The molecule has 0 aromatic heterocycles.